The molecule has 3 aliphatic heterocycles. The number of aryl methyl sites for hydroxylation is 2. The fourth-order valence-corrected chi connectivity index (χ4v) is 8.26. The van der Waals surface area contributed by atoms with Crippen molar-refractivity contribution in [2.45, 2.75) is 69.1 Å². The van der Waals surface area contributed by atoms with E-state index in [4.69, 9.17) is 9.98 Å². The SMILES string of the molecule is CN(C)[C@@H](C(=O)N1CCC[C@H]1C1=NC=C(c2ccc(CCc3cnc([C@@H]4CCCN4C(=O)[C@@H](c4ccccc4)N(C)C)[nH]3)cc2)C1)c1ccccc1. The first-order valence-corrected chi connectivity index (χ1v) is 18.7. The summed E-state index contributed by atoms with van der Waals surface area (Å²) in [4.78, 5) is 49.0. The Bertz CT molecular complexity index is 1900. The van der Waals surface area contributed by atoms with Crippen molar-refractivity contribution in [3.63, 3.8) is 0 Å². The van der Waals surface area contributed by atoms with Gasteiger partial charge in [0.15, 0.2) is 0 Å². The zero-order valence-corrected chi connectivity index (χ0v) is 30.9. The molecule has 9 heteroatoms. The number of imidazole rings is 1. The Balaban J connectivity index is 0.938. The van der Waals surface area contributed by atoms with Gasteiger partial charge in [0.1, 0.15) is 17.9 Å². The Morgan fingerprint density at radius 2 is 1.31 bits per heavy atom. The number of likely N-dealkylation sites (tertiary alicyclic amines) is 2. The summed E-state index contributed by atoms with van der Waals surface area (Å²) in [5.74, 6) is 1.16. The lowest BCUT2D eigenvalue weighted by molar-refractivity contribution is -0.137. The molecule has 9 nitrogen and oxygen atoms in total. The van der Waals surface area contributed by atoms with Crippen LogP contribution in [-0.2, 0) is 22.4 Å². The van der Waals surface area contributed by atoms with Crippen molar-refractivity contribution in [1.29, 1.82) is 0 Å². The Morgan fingerprint density at radius 3 is 1.88 bits per heavy atom. The summed E-state index contributed by atoms with van der Waals surface area (Å²) in [6.07, 6.45) is 10.3. The molecule has 3 aromatic carbocycles. The molecule has 0 aliphatic carbocycles. The van der Waals surface area contributed by atoms with Crippen LogP contribution in [0.15, 0.2) is 102 Å². The van der Waals surface area contributed by atoms with E-state index in [-0.39, 0.29) is 36.0 Å². The first-order valence-electron chi connectivity index (χ1n) is 18.7. The van der Waals surface area contributed by atoms with E-state index in [0.717, 1.165) is 86.4 Å². The maximum absolute atomic E-state index is 13.9. The first-order chi connectivity index (χ1) is 25.3. The number of hydrogen-bond donors (Lipinski definition) is 1. The maximum Gasteiger partial charge on any atom is 0.245 e. The molecule has 1 N–H and O–H groups in total. The Hall–Kier alpha value is -4.86. The average Bonchev–Trinajstić information content (AvgIpc) is 3.98. The zero-order chi connectivity index (χ0) is 36.2. The number of aromatic amines is 1. The van der Waals surface area contributed by atoms with Gasteiger partial charge >= 0.3 is 0 Å². The molecular weight excluding hydrogens is 647 g/mol. The third kappa shape index (κ3) is 7.52. The number of benzene rings is 3. The molecule has 1 aromatic heterocycles. The predicted molar refractivity (Wildman–Crippen MR) is 207 cm³/mol. The van der Waals surface area contributed by atoms with E-state index in [2.05, 4.69) is 34.1 Å². The van der Waals surface area contributed by atoms with Crippen LogP contribution in [0.4, 0.5) is 0 Å². The van der Waals surface area contributed by atoms with Gasteiger partial charge in [0.2, 0.25) is 11.8 Å². The molecule has 52 heavy (non-hydrogen) atoms. The first kappa shape index (κ1) is 35.5. The van der Waals surface area contributed by atoms with Crippen molar-refractivity contribution >= 4 is 23.1 Å². The zero-order valence-electron chi connectivity index (χ0n) is 30.9. The molecule has 4 atom stereocenters. The molecule has 7 rings (SSSR count). The predicted octanol–water partition coefficient (Wildman–Crippen LogP) is 6.64. The van der Waals surface area contributed by atoms with Gasteiger partial charge in [-0.15, -0.1) is 0 Å². The monoisotopic (exact) mass is 697 g/mol. The van der Waals surface area contributed by atoms with E-state index in [0.29, 0.717) is 0 Å². The van der Waals surface area contributed by atoms with Gasteiger partial charge in [-0.05, 0) is 94.5 Å². The largest absolute Gasteiger partial charge is 0.344 e. The molecule has 2 saturated heterocycles. The summed E-state index contributed by atoms with van der Waals surface area (Å²) in [5, 5.41) is 0. The van der Waals surface area contributed by atoms with E-state index in [1.54, 1.807) is 0 Å². The standard InChI is InChI=1S/C43H51N7O2/c1-47(2)39(32-13-7-5-8-14-32)42(51)49-25-11-17-37(49)36-27-34(28-44-36)31-22-19-30(20-23-31)21-24-35-29-45-41(46-35)38-18-12-26-50(38)43(52)40(48(3)4)33-15-9-6-10-16-33/h5-10,13-16,19-20,22-23,28-29,37-40H,11-12,17-18,21,24-27H2,1-4H3,(H,45,46)/t37-,38-,39+,40+/m0/s1. The summed E-state index contributed by atoms with van der Waals surface area (Å²) in [6, 6.07) is 28.3. The fraction of sp³-hybridized carbons (Fsp3) is 0.395. The highest BCUT2D eigenvalue weighted by Crippen LogP contribution is 2.35. The number of amides is 2. The van der Waals surface area contributed by atoms with Gasteiger partial charge in [-0.3, -0.25) is 24.4 Å². The van der Waals surface area contributed by atoms with Crippen LogP contribution < -0.4 is 0 Å². The Morgan fingerprint density at radius 1 is 0.750 bits per heavy atom. The third-order valence-electron chi connectivity index (χ3n) is 10.9. The second kappa shape index (κ2) is 15.8. The summed E-state index contributed by atoms with van der Waals surface area (Å²) in [7, 11) is 7.89. The van der Waals surface area contributed by atoms with E-state index >= 15 is 0 Å². The maximum atomic E-state index is 13.9. The van der Waals surface area contributed by atoms with Gasteiger partial charge < -0.3 is 14.8 Å². The van der Waals surface area contributed by atoms with E-state index < -0.39 is 0 Å². The van der Waals surface area contributed by atoms with E-state index in [9.17, 15) is 9.59 Å². The molecule has 3 aliphatic rings. The molecule has 4 heterocycles. The molecule has 0 saturated carbocycles. The van der Waals surface area contributed by atoms with Gasteiger partial charge in [-0.2, -0.15) is 0 Å². The van der Waals surface area contributed by atoms with Crippen molar-refractivity contribution < 1.29 is 9.59 Å². The van der Waals surface area contributed by atoms with Crippen molar-refractivity contribution in [2.24, 2.45) is 4.99 Å². The number of aliphatic imine (C=N–C) groups is 1. The van der Waals surface area contributed by atoms with Gasteiger partial charge in [0.25, 0.3) is 0 Å². The van der Waals surface area contributed by atoms with E-state index in [1.165, 1.54) is 16.7 Å². The Labute approximate surface area is 308 Å². The number of carbonyl (C=O) groups excluding carboxylic acids is 2. The van der Waals surface area contributed by atoms with Crippen molar-refractivity contribution in [1.82, 2.24) is 29.6 Å². The third-order valence-corrected chi connectivity index (χ3v) is 10.9. The molecule has 2 amide bonds. The lowest BCUT2D eigenvalue weighted by Gasteiger charge is -2.32. The highest BCUT2D eigenvalue weighted by Gasteiger charge is 2.39. The highest BCUT2D eigenvalue weighted by molar-refractivity contribution is 6.03. The minimum Gasteiger partial charge on any atom is -0.344 e. The van der Waals surface area contributed by atoms with Crippen LogP contribution in [0.25, 0.3) is 5.57 Å². The number of nitrogens with one attached hydrogen (secondary N) is 1. The molecule has 0 spiro atoms. The second-order valence-corrected chi connectivity index (χ2v) is 14.9. The molecule has 4 aromatic rings. The molecule has 0 bridgehead atoms. The van der Waals surface area contributed by atoms with Gasteiger partial charge in [-0.1, -0.05) is 84.9 Å². The smallest absolute Gasteiger partial charge is 0.245 e. The number of hydrogen-bond acceptors (Lipinski definition) is 6. The second-order valence-electron chi connectivity index (χ2n) is 14.9. The number of H-pyrrole nitrogens is 1. The Kier molecular flexibility index (Phi) is 10.8. The minimum atomic E-state index is -0.320. The number of allylic oxidation sites excluding steroid dienone is 1. The van der Waals surface area contributed by atoms with Gasteiger partial charge in [0, 0.05) is 43.3 Å². The van der Waals surface area contributed by atoms with Crippen molar-refractivity contribution in [3.05, 3.63) is 131 Å². The molecular formula is C43H51N7O2. The van der Waals surface area contributed by atoms with Crippen LogP contribution >= 0.6 is 0 Å². The number of carbonyl (C=O) groups is 2. The topological polar surface area (TPSA) is 88.1 Å². The summed E-state index contributed by atoms with van der Waals surface area (Å²) in [5.41, 5.74) is 7.84. The van der Waals surface area contributed by atoms with Crippen LogP contribution in [0.3, 0.4) is 0 Å². The van der Waals surface area contributed by atoms with E-state index in [1.807, 2.05) is 116 Å². The molecule has 2 fully saturated rings. The number of likely N-dealkylation sites (N-methyl/N-ethyl adjacent to an activating group) is 2. The number of nitrogens with zero attached hydrogens (tertiary/aromatic N) is 6. The molecule has 0 radical (unpaired) electrons. The van der Waals surface area contributed by atoms with Gasteiger partial charge in [-0.25, -0.2) is 4.98 Å². The van der Waals surface area contributed by atoms with Crippen LogP contribution in [0.5, 0.6) is 0 Å². The number of aromatic nitrogens is 2. The fourth-order valence-electron chi connectivity index (χ4n) is 8.26. The van der Waals surface area contributed by atoms with Crippen molar-refractivity contribution in [3.8, 4) is 0 Å². The average molecular weight is 698 g/mol. The van der Waals surface area contributed by atoms with Crippen molar-refractivity contribution in [2.75, 3.05) is 41.3 Å². The van der Waals surface area contributed by atoms with Crippen LogP contribution in [0.1, 0.15) is 84.0 Å². The highest BCUT2D eigenvalue weighted by atomic mass is 16.2. The normalized spacial score (nSPS) is 20.0. The summed E-state index contributed by atoms with van der Waals surface area (Å²) < 4.78 is 0. The van der Waals surface area contributed by atoms with Crippen LogP contribution in [0, 0.1) is 0 Å². The lowest BCUT2D eigenvalue weighted by Crippen LogP contribution is -2.45. The molecule has 0 unspecified atom stereocenters. The van der Waals surface area contributed by atoms with Crippen LogP contribution in [-0.4, -0.2) is 94.4 Å². The van der Waals surface area contributed by atoms with Gasteiger partial charge in [0.05, 0.1) is 12.1 Å². The number of rotatable bonds is 12. The summed E-state index contributed by atoms with van der Waals surface area (Å²) in [6.45, 7) is 1.51. The minimum absolute atomic E-state index is 0.0359. The molecule has 270 valence electrons. The van der Waals surface area contributed by atoms with Crippen LogP contribution in [0.2, 0.25) is 0 Å². The summed E-state index contributed by atoms with van der Waals surface area (Å²) >= 11 is 0. The quantitative estimate of drug-likeness (QED) is 0.179. The lowest BCUT2D eigenvalue weighted by atomic mass is 9.96.